The van der Waals surface area contributed by atoms with Crippen LogP contribution >= 0.6 is 11.6 Å². The van der Waals surface area contributed by atoms with E-state index in [1.807, 2.05) is 0 Å². The predicted molar refractivity (Wildman–Crippen MR) is 89.7 cm³/mol. The van der Waals surface area contributed by atoms with Crippen LogP contribution < -0.4 is 4.74 Å². The van der Waals surface area contributed by atoms with Gasteiger partial charge in [-0.1, -0.05) is 17.7 Å². The van der Waals surface area contributed by atoms with Crippen molar-refractivity contribution in [1.29, 1.82) is 0 Å². The van der Waals surface area contributed by atoms with E-state index in [1.165, 1.54) is 12.0 Å². The lowest BCUT2D eigenvalue weighted by molar-refractivity contribution is -0.141. The Balaban J connectivity index is 2.25. The Bertz CT molecular complexity index is 640. The molecule has 0 aliphatic carbocycles. The minimum absolute atomic E-state index is 0.111. The molecule has 132 valence electrons. The number of hydrogen-bond acceptors (Lipinski definition) is 4. The number of rotatable bonds is 3. The molecule has 7 heteroatoms. The lowest BCUT2D eigenvalue weighted by Gasteiger charge is -2.24. The highest BCUT2D eigenvalue weighted by Gasteiger charge is 2.42. The monoisotopic (exact) mass is 355 g/mol. The summed E-state index contributed by atoms with van der Waals surface area (Å²) in [4.78, 5) is 25.3. The number of hydrogen-bond donors (Lipinski definition) is 1. The smallest absolute Gasteiger partial charge is 0.410 e. The van der Waals surface area contributed by atoms with Gasteiger partial charge in [-0.25, -0.2) is 4.79 Å². The zero-order valence-corrected chi connectivity index (χ0v) is 15.0. The molecule has 1 amide bonds. The zero-order valence-electron chi connectivity index (χ0n) is 14.2. The molecular weight excluding hydrogens is 334 g/mol. The third-order valence-electron chi connectivity index (χ3n) is 3.89. The van der Waals surface area contributed by atoms with Crippen molar-refractivity contribution in [1.82, 2.24) is 4.90 Å². The Kier molecular flexibility index (Phi) is 5.28. The molecule has 1 aliphatic heterocycles. The first-order valence-electron chi connectivity index (χ1n) is 7.66. The summed E-state index contributed by atoms with van der Waals surface area (Å²) in [6.45, 7) is 5.71. The van der Waals surface area contributed by atoms with E-state index in [4.69, 9.17) is 21.1 Å². The van der Waals surface area contributed by atoms with Crippen LogP contribution in [-0.4, -0.2) is 47.9 Å². The van der Waals surface area contributed by atoms with Gasteiger partial charge in [0, 0.05) is 19.0 Å². The van der Waals surface area contributed by atoms with Gasteiger partial charge in [0.25, 0.3) is 0 Å². The summed E-state index contributed by atoms with van der Waals surface area (Å²) in [5.41, 5.74) is 0.145. The minimum atomic E-state index is -0.944. The molecule has 1 fully saturated rings. The lowest BCUT2D eigenvalue weighted by Crippen LogP contribution is -2.35. The van der Waals surface area contributed by atoms with Crippen LogP contribution in [0.5, 0.6) is 5.75 Å². The number of methoxy groups -OCH3 is 1. The van der Waals surface area contributed by atoms with Gasteiger partial charge in [-0.05, 0) is 38.5 Å². The van der Waals surface area contributed by atoms with Crippen LogP contribution in [0.25, 0.3) is 0 Å². The predicted octanol–water partition coefficient (Wildman–Crippen LogP) is 3.38. The second-order valence-electron chi connectivity index (χ2n) is 6.83. The largest absolute Gasteiger partial charge is 0.495 e. The number of ether oxygens (including phenoxy) is 2. The molecule has 0 saturated carbocycles. The van der Waals surface area contributed by atoms with E-state index >= 15 is 0 Å². The lowest BCUT2D eigenvalue weighted by atomic mass is 9.89. The highest BCUT2D eigenvalue weighted by molar-refractivity contribution is 6.32. The van der Waals surface area contributed by atoms with Gasteiger partial charge < -0.3 is 19.5 Å². The summed E-state index contributed by atoms with van der Waals surface area (Å²) in [6.07, 6.45) is -0.503. The summed E-state index contributed by atoms with van der Waals surface area (Å²) < 4.78 is 10.5. The number of aliphatic carboxylic acids is 1. The molecule has 2 rings (SSSR count). The standard InChI is InChI=1S/C17H22ClNO5/c1-17(2,3)24-16(22)19-8-11(12(9-19)15(20)21)10-5-6-13(18)14(7-10)23-4/h5-7,11-12H,8-9H2,1-4H3,(H,20,21)/t11-,12+/m0/s1. The van der Waals surface area contributed by atoms with Crippen LogP contribution in [0.4, 0.5) is 4.79 Å². The van der Waals surface area contributed by atoms with E-state index < -0.39 is 23.6 Å². The van der Waals surface area contributed by atoms with E-state index in [1.54, 1.807) is 39.0 Å². The van der Waals surface area contributed by atoms with Crippen molar-refractivity contribution in [2.75, 3.05) is 20.2 Å². The number of nitrogens with zero attached hydrogens (tertiary/aromatic N) is 1. The summed E-state index contributed by atoms with van der Waals surface area (Å²) in [5, 5.41) is 9.98. The quantitative estimate of drug-likeness (QED) is 0.899. The average molecular weight is 356 g/mol. The molecule has 1 aliphatic rings. The number of carbonyl (C=O) groups excluding carboxylic acids is 1. The van der Waals surface area contributed by atoms with Crippen LogP contribution in [0.1, 0.15) is 32.3 Å². The zero-order chi connectivity index (χ0) is 18.1. The number of halogens is 1. The molecule has 1 N–H and O–H groups in total. The third kappa shape index (κ3) is 4.12. The molecule has 1 aromatic carbocycles. The molecule has 1 aromatic rings. The molecule has 24 heavy (non-hydrogen) atoms. The van der Waals surface area contributed by atoms with Crippen LogP contribution in [0, 0.1) is 5.92 Å². The number of carbonyl (C=O) groups is 2. The molecule has 2 atom stereocenters. The minimum Gasteiger partial charge on any atom is -0.495 e. The highest BCUT2D eigenvalue weighted by atomic mass is 35.5. The highest BCUT2D eigenvalue weighted by Crippen LogP contribution is 2.37. The topological polar surface area (TPSA) is 76.1 Å². The van der Waals surface area contributed by atoms with Crippen molar-refractivity contribution < 1.29 is 24.2 Å². The van der Waals surface area contributed by atoms with Gasteiger partial charge in [0.2, 0.25) is 0 Å². The van der Waals surface area contributed by atoms with E-state index in [2.05, 4.69) is 0 Å². The van der Waals surface area contributed by atoms with E-state index in [9.17, 15) is 14.7 Å². The number of carboxylic acid groups (broad SMARTS) is 1. The van der Waals surface area contributed by atoms with Crippen LogP contribution in [0.3, 0.4) is 0 Å². The fraction of sp³-hybridized carbons (Fsp3) is 0.529. The average Bonchev–Trinajstić information content (AvgIpc) is 2.91. The summed E-state index contributed by atoms with van der Waals surface area (Å²) in [7, 11) is 1.50. The third-order valence-corrected chi connectivity index (χ3v) is 4.20. The molecule has 1 heterocycles. The van der Waals surface area contributed by atoms with Crippen molar-refractivity contribution in [2.45, 2.75) is 32.3 Å². The number of carboxylic acids is 1. The molecule has 0 spiro atoms. The van der Waals surface area contributed by atoms with Gasteiger partial charge in [-0.3, -0.25) is 4.79 Å². The van der Waals surface area contributed by atoms with E-state index in [0.29, 0.717) is 10.8 Å². The fourth-order valence-electron chi connectivity index (χ4n) is 2.77. The summed E-state index contributed by atoms with van der Waals surface area (Å²) in [5.74, 6) is -1.52. The van der Waals surface area contributed by atoms with Crippen molar-refractivity contribution >= 4 is 23.7 Å². The molecule has 6 nitrogen and oxygen atoms in total. The maximum Gasteiger partial charge on any atom is 0.410 e. The van der Waals surface area contributed by atoms with Gasteiger partial charge >= 0.3 is 12.1 Å². The van der Waals surface area contributed by atoms with Crippen LogP contribution in [0.15, 0.2) is 18.2 Å². The second kappa shape index (κ2) is 6.89. The van der Waals surface area contributed by atoms with Gasteiger partial charge in [0.15, 0.2) is 0 Å². The van der Waals surface area contributed by atoms with Crippen LogP contribution in [-0.2, 0) is 9.53 Å². The number of likely N-dealkylation sites (tertiary alicyclic amines) is 1. The van der Waals surface area contributed by atoms with Gasteiger partial charge in [0.1, 0.15) is 11.4 Å². The Morgan fingerprint density at radius 1 is 1.29 bits per heavy atom. The van der Waals surface area contributed by atoms with Crippen molar-refractivity contribution in [3.63, 3.8) is 0 Å². The number of amides is 1. The number of benzene rings is 1. The van der Waals surface area contributed by atoms with E-state index in [-0.39, 0.29) is 19.0 Å². The second-order valence-corrected chi connectivity index (χ2v) is 7.24. The Labute approximate surface area is 146 Å². The van der Waals surface area contributed by atoms with Gasteiger partial charge in [0.05, 0.1) is 18.1 Å². The Morgan fingerprint density at radius 3 is 2.50 bits per heavy atom. The maximum atomic E-state index is 12.2. The van der Waals surface area contributed by atoms with Crippen LogP contribution in [0.2, 0.25) is 5.02 Å². The first-order chi connectivity index (χ1) is 11.1. The molecule has 0 bridgehead atoms. The fourth-order valence-corrected chi connectivity index (χ4v) is 2.97. The van der Waals surface area contributed by atoms with Crippen molar-refractivity contribution in [2.24, 2.45) is 5.92 Å². The molecule has 0 aromatic heterocycles. The summed E-state index contributed by atoms with van der Waals surface area (Å²) >= 11 is 6.03. The van der Waals surface area contributed by atoms with Crippen molar-refractivity contribution in [3.8, 4) is 5.75 Å². The molecule has 0 unspecified atom stereocenters. The maximum absolute atomic E-state index is 12.2. The first kappa shape index (κ1) is 18.4. The SMILES string of the molecule is COc1cc([C@@H]2CN(C(=O)OC(C)(C)C)C[C@H]2C(=O)O)ccc1Cl. The molecular formula is C17H22ClNO5. The van der Waals surface area contributed by atoms with Crippen molar-refractivity contribution in [3.05, 3.63) is 28.8 Å². The van der Waals surface area contributed by atoms with Gasteiger partial charge in [-0.15, -0.1) is 0 Å². The first-order valence-corrected chi connectivity index (χ1v) is 8.04. The van der Waals surface area contributed by atoms with Gasteiger partial charge in [-0.2, -0.15) is 0 Å². The molecule has 0 radical (unpaired) electrons. The van der Waals surface area contributed by atoms with E-state index in [0.717, 1.165) is 5.56 Å². The summed E-state index contributed by atoms with van der Waals surface area (Å²) in [6, 6.07) is 5.16. The molecule has 1 saturated heterocycles. The Hall–Kier alpha value is -1.95. The Morgan fingerprint density at radius 2 is 1.96 bits per heavy atom. The normalized spacial score (nSPS) is 20.8.